The van der Waals surface area contributed by atoms with Gasteiger partial charge in [-0.1, -0.05) is 29.3 Å². The number of benzene rings is 1. The first-order valence-corrected chi connectivity index (χ1v) is 8.82. The van der Waals surface area contributed by atoms with Crippen LogP contribution < -0.4 is 0 Å². The average Bonchev–Trinajstić information content (AvgIpc) is 2.49. The number of hydrogen-bond acceptors (Lipinski definition) is 3. The molecule has 2 rings (SSSR count). The first-order valence-electron chi connectivity index (χ1n) is 8.07. The lowest BCUT2D eigenvalue weighted by atomic mass is 9.82. The molecule has 1 saturated heterocycles. The van der Waals surface area contributed by atoms with Crippen LogP contribution in [0.4, 0.5) is 4.79 Å². The molecule has 1 fully saturated rings. The van der Waals surface area contributed by atoms with Crippen LogP contribution in [-0.4, -0.2) is 36.0 Å². The van der Waals surface area contributed by atoms with Gasteiger partial charge in [0.2, 0.25) is 0 Å². The van der Waals surface area contributed by atoms with Gasteiger partial charge in [-0.3, -0.25) is 0 Å². The Labute approximate surface area is 153 Å². The molecule has 1 aromatic carbocycles. The molecule has 1 aliphatic heterocycles. The summed E-state index contributed by atoms with van der Waals surface area (Å²) < 4.78 is 5.39. The number of rotatable bonds is 3. The summed E-state index contributed by atoms with van der Waals surface area (Å²) in [6, 6.07) is 5.53. The Bertz CT molecular complexity index is 613. The molecular formula is C18H23Cl2NO3. The Morgan fingerprint density at radius 2 is 2.04 bits per heavy atom. The van der Waals surface area contributed by atoms with Crippen molar-refractivity contribution in [3.05, 3.63) is 33.8 Å². The molecule has 0 radical (unpaired) electrons. The van der Waals surface area contributed by atoms with Crippen LogP contribution in [0.15, 0.2) is 18.2 Å². The Morgan fingerprint density at radius 1 is 1.33 bits per heavy atom. The van der Waals surface area contributed by atoms with Crippen LogP contribution >= 0.6 is 23.2 Å². The van der Waals surface area contributed by atoms with Gasteiger partial charge in [0.25, 0.3) is 0 Å². The lowest BCUT2D eigenvalue weighted by molar-refractivity contribution is -0.114. The molecule has 2 atom stereocenters. The van der Waals surface area contributed by atoms with Crippen LogP contribution in [0.3, 0.4) is 0 Å². The van der Waals surface area contributed by atoms with Gasteiger partial charge in [0.1, 0.15) is 11.9 Å². The van der Waals surface area contributed by atoms with E-state index in [1.54, 1.807) is 11.0 Å². The van der Waals surface area contributed by atoms with Gasteiger partial charge in [0.15, 0.2) is 0 Å². The van der Waals surface area contributed by atoms with E-state index < -0.39 is 5.60 Å². The van der Waals surface area contributed by atoms with E-state index in [4.69, 9.17) is 27.9 Å². The first-order chi connectivity index (χ1) is 11.2. The third-order valence-electron chi connectivity index (χ3n) is 4.11. The number of carbonyl (C=O) groups excluding carboxylic acids is 2. The summed E-state index contributed by atoms with van der Waals surface area (Å²) in [6.45, 7) is 6.48. The number of carbonyl (C=O) groups is 2. The van der Waals surface area contributed by atoms with Crippen LogP contribution in [0.5, 0.6) is 0 Å². The second-order valence-corrected chi connectivity index (χ2v) is 8.04. The maximum atomic E-state index is 12.2. The van der Waals surface area contributed by atoms with Gasteiger partial charge in [-0.05, 0) is 57.2 Å². The molecule has 2 unspecified atom stereocenters. The predicted molar refractivity (Wildman–Crippen MR) is 95.6 cm³/mol. The number of piperidine rings is 1. The lowest BCUT2D eigenvalue weighted by Gasteiger charge is -2.37. The molecule has 0 N–H and O–H groups in total. The summed E-state index contributed by atoms with van der Waals surface area (Å²) in [5.41, 5.74) is 0.511. The number of aldehydes is 1. The minimum Gasteiger partial charge on any atom is -0.444 e. The lowest BCUT2D eigenvalue weighted by Crippen LogP contribution is -2.46. The highest BCUT2D eigenvalue weighted by Gasteiger charge is 2.33. The standard InChI is InChI=1S/C18H23Cl2NO3/c1-18(2,3)24-17(23)21-7-6-13(14(10-21)11-22)8-12-4-5-15(19)16(20)9-12/h4-5,9,11,13-14H,6-8,10H2,1-3H3. The SMILES string of the molecule is CC(C)(C)OC(=O)N1CCC(Cc2ccc(Cl)c(Cl)c2)C(C=O)C1. The molecule has 1 amide bonds. The molecule has 1 aromatic rings. The van der Waals surface area contributed by atoms with E-state index in [2.05, 4.69) is 0 Å². The summed E-state index contributed by atoms with van der Waals surface area (Å²) in [4.78, 5) is 25.3. The average molecular weight is 372 g/mol. The zero-order valence-corrected chi connectivity index (χ0v) is 15.7. The molecule has 0 bridgehead atoms. The van der Waals surface area contributed by atoms with E-state index in [1.807, 2.05) is 32.9 Å². The second kappa shape index (κ2) is 7.75. The summed E-state index contributed by atoms with van der Waals surface area (Å²) in [5, 5.41) is 1.04. The van der Waals surface area contributed by atoms with Crippen molar-refractivity contribution < 1.29 is 14.3 Å². The highest BCUT2D eigenvalue weighted by molar-refractivity contribution is 6.42. The summed E-state index contributed by atoms with van der Waals surface area (Å²) in [5.74, 6) is -0.0286. The molecule has 0 spiro atoms. The normalized spacial score (nSPS) is 21.5. The third kappa shape index (κ3) is 5.12. The number of likely N-dealkylation sites (tertiary alicyclic amines) is 1. The molecule has 0 aromatic heterocycles. The number of amides is 1. The molecule has 1 heterocycles. The second-order valence-electron chi connectivity index (χ2n) is 7.23. The Morgan fingerprint density at radius 3 is 2.62 bits per heavy atom. The van der Waals surface area contributed by atoms with Gasteiger partial charge in [0.05, 0.1) is 10.0 Å². The van der Waals surface area contributed by atoms with E-state index in [1.165, 1.54) is 0 Å². The van der Waals surface area contributed by atoms with E-state index in [0.717, 1.165) is 24.7 Å². The number of hydrogen-bond donors (Lipinski definition) is 0. The van der Waals surface area contributed by atoms with Gasteiger partial charge in [-0.2, -0.15) is 0 Å². The van der Waals surface area contributed by atoms with E-state index in [-0.39, 0.29) is 17.9 Å². The van der Waals surface area contributed by atoms with Crippen molar-refractivity contribution in [1.29, 1.82) is 0 Å². The van der Waals surface area contributed by atoms with E-state index >= 15 is 0 Å². The highest BCUT2D eigenvalue weighted by atomic mass is 35.5. The Hall–Kier alpha value is -1.26. The predicted octanol–water partition coefficient (Wildman–Crippen LogP) is 4.61. The van der Waals surface area contributed by atoms with Crippen molar-refractivity contribution in [3.63, 3.8) is 0 Å². The Balaban J connectivity index is 2.01. The first kappa shape index (κ1) is 19.1. The van der Waals surface area contributed by atoms with Crippen LogP contribution in [0.2, 0.25) is 10.0 Å². The highest BCUT2D eigenvalue weighted by Crippen LogP contribution is 2.29. The largest absolute Gasteiger partial charge is 0.444 e. The van der Waals surface area contributed by atoms with Gasteiger partial charge in [0, 0.05) is 19.0 Å². The van der Waals surface area contributed by atoms with Gasteiger partial charge >= 0.3 is 6.09 Å². The van der Waals surface area contributed by atoms with Crippen LogP contribution in [0.25, 0.3) is 0 Å². The van der Waals surface area contributed by atoms with Crippen molar-refractivity contribution >= 4 is 35.6 Å². The summed E-state index contributed by atoms with van der Waals surface area (Å²) in [7, 11) is 0. The molecule has 0 aliphatic carbocycles. The van der Waals surface area contributed by atoms with Gasteiger partial charge in [-0.15, -0.1) is 0 Å². The molecule has 1 aliphatic rings. The van der Waals surface area contributed by atoms with Crippen molar-refractivity contribution in [2.24, 2.45) is 11.8 Å². The molecule has 24 heavy (non-hydrogen) atoms. The molecule has 0 saturated carbocycles. The minimum absolute atomic E-state index is 0.179. The number of halogens is 2. The van der Waals surface area contributed by atoms with Gasteiger partial charge < -0.3 is 14.4 Å². The van der Waals surface area contributed by atoms with Crippen LogP contribution in [-0.2, 0) is 16.0 Å². The van der Waals surface area contributed by atoms with Crippen molar-refractivity contribution in [2.75, 3.05) is 13.1 Å². The maximum absolute atomic E-state index is 12.2. The van der Waals surface area contributed by atoms with Crippen LogP contribution in [0, 0.1) is 11.8 Å². The fraction of sp³-hybridized carbons (Fsp3) is 0.556. The number of ether oxygens (including phenoxy) is 1. The van der Waals surface area contributed by atoms with Crippen molar-refractivity contribution in [3.8, 4) is 0 Å². The zero-order chi connectivity index (χ0) is 17.9. The zero-order valence-electron chi connectivity index (χ0n) is 14.2. The molecule has 132 valence electrons. The molecule has 6 heteroatoms. The molecular weight excluding hydrogens is 349 g/mol. The maximum Gasteiger partial charge on any atom is 0.410 e. The monoisotopic (exact) mass is 371 g/mol. The fourth-order valence-corrected chi connectivity index (χ4v) is 3.22. The smallest absolute Gasteiger partial charge is 0.410 e. The third-order valence-corrected chi connectivity index (χ3v) is 4.85. The van der Waals surface area contributed by atoms with E-state index in [0.29, 0.717) is 23.1 Å². The fourth-order valence-electron chi connectivity index (χ4n) is 2.90. The Kier molecular flexibility index (Phi) is 6.16. The topological polar surface area (TPSA) is 46.6 Å². The summed E-state index contributed by atoms with van der Waals surface area (Å²) >= 11 is 12.0. The van der Waals surface area contributed by atoms with Crippen molar-refractivity contribution in [1.82, 2.24) is 4.90 Å². The molecule has 4 nitrogen and oxygen atoms in total. The van der Waals surface area contributed by atoms with Gasteiger partial charge in [-0.25, -0.2) is 4.79 Å². The van der Waals surface area contributed by atoms with Crippen molar-refractivity contribution in [2.45, 2.75) is 39.2 Å². The summed E-state index contributed by atoms with van der Waals surface area (Å²) in [6.07, 6.45) is 2.08. The minimum atomic E-state index is -0.537. The quantitative estimate of drug-likeness (QED) is 0.728. The van der Waals surface area contributed by atoms with Crippen LogP contribution in [0.1, 0.15) is 32.8 Å². The van der Waals surface area contributed by atoms with E-state index in [9.17, 15) is 9.59 Å². The number of nitrogens with zero attached hydrogens (tertiary/aromatic N) is 1.